The number of aryl methyl sites for hydroxylation is 1. The van der Waals surface area contributed by atoms with Crippen molar-refractivity contribution in [3.8, 4) is 0 Å². The van der Waals surface area contributed by atoms with Gasteiger partial charge >= 0.3 is 6.18 Å². The maximum absolute atomic E-state index is 16.1. The zero-order chi connectivity index (χ0) is 30.0. The van der Waals surface area contributed by atoms with Crippen LogP contribution in [0.3, 0.4) is 0 Å². The monoisotopic (exact) mass is 602 g/mol. The van der Waals surface area contributed by atoms with Gasteiger partial charge in [0.15, 0.2) is 5.67 Å². The molecule has 3 atom stereocenters. The topological polar surface area (TPSA) is 57.7 Å². The van der Waals surface area contributed by atoms with Crippen LogP contribution < -0.4 is 0 Å². The van der Waals surface area contributed by atoms with Crippen LogP contribution in [0.2, 0.25) is 0 Å². The smallest absolute Gasteiger partial charge is 0.336 e. The second-order valence-electron chi connectivity index (χ2n) is 11.8. The van der Waals surface area contributed by atoms with Gasteiger partial charge in [-0.25, -0.2) is 25.9 Å². The van der Waals surface area contributed by atoms with Crippen LogP contribution in [0.25, 0.3) is 0 Å². The quantitative estimate of drug-likeness (QED) is 0.433. The van der Waals surface area contributed by atoms with Crippen molar-refractivity contribution in [1.82, 2.24) is 9.21 Å². The molecule has 0 bridgehead atoms. The van der Waals surface area contributed by atoms with Gasteiger partial charge < -0.3 is 4.90 Å². The molecule has 0 radical (unpaired) electrons. The molecule has 2 fully saturated rings. The summed E-state index contributed by atoms with van der Waals surface area (Å²) < 4.78 is 110. The fourth-order valence-electron chi connectivity index (χ4n) is 6.88. The Labute approximate surface area is 235 Å². The van der Waals surface area contributed by atoms with Crippen LogP contribution in [-0.2, 0) is 38.7 Å². The van der Waals surface area contributed by atoms with Gasteiger partial charge in [0.1, 0.15) is 5.82 Å². The Kier molecular flexibility index (Phi) is 7.29. The summed E-state index contributed by atoms with van der Waals surface area (Å²) >= 11 is 0. The van der Waals surface area contributed by atoms with E-state index in [2.05, 4.69) is 0 Å². The average molecular weight is 603 g/mol. The zero-order valence-electron chi connectivity index (χ0n) is 22.8. The summed E-state index contributed by atoms with van der Waals surface area (Å²) in [5.74, 6) is -1.15. The Morgan fingerprint density at radius 2 is 1.63 bits per heavy atom. The van der Waals surface area contributed by atoms with Gasteiger partial charge in [-0.1, -0.05) is 30.3 Å². The molecule has 2 aromatic carbocycles. The van der Waals surface area contributed by atoms with Crippen molar-refractivity contribution in [3.63, 3.8) is 0 Å². The van der Waals surface area contributed by atoms with E-state index in [1.165, 1.54) is 29.2 Å². The van der Waals surface area contributed by atoms with Crippen LogP contribution in [0.1, 0.15) is 54.9 Å². The van der Waals surface area contributed by atoms with Crippen LogP contribution in [0, 0.1) is 5.82 Å². The highest BCUT2D eigenvalue weighted by atomic mass is 32.2. The number of nitrogens with zero attached hydrogens (tertiary/aromatic N) is 2. The minimum Gasteiger partial charge on any atom is -0.336 e. The number of halogens is 6. The molecule has 12 heteroatoms. The Hall–Kier alpha value is -2.60. The zero-order valence-corrected chi connectivity index (χ0v) is 23.6. The summed E-state index contributed by atoms with van der Waals surface area (Å²) in [6.45, 7) is 0.442. The van der Waals surface area contributed by atoms with Gasteiger partial charge in [0.05, 0.1) is 6.26 Å². The van der Waals surface area contributed by atoms with Gasteiger partial charge in [-0.05, 0) is 67.0 Å². The normalized spacial score (nSPS) is 26.2. The van der Waals surface area contributed by atoms with E-state index in [-0.39, 0.29) is 38.9 Å². The van der Waals surface area contributed by atoms with Gasteiger partial charge in [0, 0.05) is 43.9 Å². The lowest BCUT2D eigenvalue weighted by molar-refractivity contribution is -0.228. The number of benzene rings is 2. The summed E-state index contributed by atoms with van der Waals surface area (Å²) in [4.78, 5) is 15.2. The summed E-state index contributed by atoms with van der Waals surface area (Å²) in [6.07, 6.45) is -3.34. The van der Waals surface area contributed by atoms with E-state index in [0.717, 1.165) is 22.2 Å². The van der Waals surface area contributed by atoms with E-state index in [1.54, 1.807) is 12.1 Å². The van der Waals surface area contributed by atoms with Crippen LogP contribution in [0.4, 0.5) is 26.3 Å². The first-order chi connectivity index (χ1) is 19.0. The maximum Gasteiger partial charge on any atom is 0.426 e. The van der Waals surface area contributed by atoms with Gasteiger partial charge in [-0.2, -0.15) is 13.2 Å². The highest BCUT2D eigenvalue weighted by molar-refractivity contribution is 7.88. The first-order valence-corrected chi connectivity index (χ1v) is 15.4. The molecule has 3 aliphatic rings. The molecule has 1 amide bonds. The number of carbonyl (C=O) groups excluding carboxylic acids is 1. The number of amides is 1. The van der Waals surface area contributed by atoms with Crippen molar-refractivity contribution < 1.29 is 39.6 Å². The van der Waals surface area contributed by atoms with E-state index in [1.807, 2.05) is 0 Å². The average Bonchev–Trinajstić information content (AvgIpc) is 3.27. The number of hydrogen-bond acceptors (Lipinski definition) is 3. The molecular weight excluding hydrogens is 570 g/mol. The van der Waals surface area contributed by atoms with Crippen molar-refractivity contribution in [2.75, 3.05) is 25.9 Å². The highest BCUT2D eigenvalue weighted by Gasteiger charge is 2.57. The predicted molar refractivity (Wildman–Crippen MR) is 141 cm³/mol. The Bertz CT molecular complexity index is 1440. The van der Waals surface area contributed by atoms with Gasteiger partial charge in [0.2, 0.25) is 15.7 Å². The summed E-state index contributed by atoms with van der Waals surface area (Å²) in [6, 6.07) is 9.18. The van der Waals surface area contributed by atoms with Gasteiger partial charge in [0.25, 0.3) is 5.91 Å². The molecule has 0 aromatic heterocycles. The molecule has 2 aromatic rings. The fourth-order valence-corrected chi connectivity index (χ4v) is 7.72. The van der Waals surface area contributed by atoms with Gasteiger partial charge in [-0.3, -0.25) is 4.79 Å². The van der Waals surface area contributed by atoms with Crippen LogP contribution >= 0.6 is 0 Å². The lowest BCUT2D eigenvalue weighted by Crippen LogP contribution is -2.57. The predicted octanol–water partition coefficient (Wildman–Crippen LogP) is 5.36. The third kappa shape index (κ3) is 5.15. The molecule has 0 saturated carbocycles. The first kappa shape index (κ1) is 29.9. The molecule has 2 heterocycles. The number of fused-ring (bicyclic) bond motifs is 3. The Balaban J connectivity index is 1.51. The lowest BCUT2D eigenvalue weighted by Gasteiger charge is -2.45. The summed E-state index contributed by atoms with van der Waals surface area (Å²) in [5.41, 5.74) is -5.17. The molecule has 41 heavy (non-hydrogen) atoms. The SMILES string of the molecule is CC(F)(c1ccc2c(c1)CC[C@H]1N(C(=O)C3(F)CCN(S(C)(=O)=O)CC3)CC[C@@]21Cc1ccc(F)cc1)C(F)(F)F. The molecule has 2 aliphatic heterocycles. The number of rotatable bonds is 5. The number of likely N-dealkylation sites (tertiary alicyclic amines) is 1. The minimum atomic E-state index is -5.11. The number of hydrogen-bond donors (Lipinski definition) is 0. The molecule has 1 aliphatic carbocycles. The number of sulfonamides is 1. The first-order valence-electron chi connectivity index (χ1n) is 13.6. The molecule has 0 N–H and O–H groups in total. The van der Waals surface area contributed by atoms with E-state index in [9.17, 15) is 35.2 Å². The molecule has 1 unspecified atom stereocenters. The molecule has 0 spiro atoms. The van der Waals surface area contributed by atoms with Crippen LogP contribution in [0.5, 0.6) is 0 Å². The Morgan fingerprint density at radius 3 is 2.22 bits per heavy atom. The summed E-state index contributed by atoms with van der Waals surface area (Å²) in [7, 11) is -3.53. The molecule has 2 saturated heterocycles. The van der Waals surface area contributed by atoms with Crippen molar-refractivity contribution >= 4 is 15.9 Å². The minimum absolute atomic E-state index is 0.118. The lowest BCUT2D eigenvalue weighted by atomic mass is 9.63. The second kappa shape index (κ2) is 10.00. The fraction of sp³-hybridized carbons (Fsp3) is 0.552. The molecule has 224 valence electrons. The van der Waals surface area contributed by atoms with Crippen molar-refractivity contribution in [3.05, 3.63) is 70.5 Å². The number of carbonyl (C=O) groups is 1. The van der Waals surface area contributed by atoms with Gasteiger partial charge in [-0.15, -0.1) is 0 Å². The molecular formula is C29H32F6N2O3S. The van der Waals surface area contributed by atoms with E-state index in [4.69, 9.17) is 0 Å². The summed E-state index contributed by atoms with van der Waals surface area (Å²) in [5, 5.41) is 0. The molecule has 5 rings (SSSR count). The third-order valence-corrected chi connectivity index (χ3v) is 10.6. The van der Waals surface area contributed by atoms with E-state index < -0.39 is 56.3 Å². The van der Waals surface area contributed by atoms with Crippen molar-refractivity contribution in [2.45, 2.75) is 74.4 Å². The van der Waals surface area contributed by atoms with E-state index >= 15 is 4.39 Å². The van der Waals surface area contributed by atoms with Crippen molar-refractivity contribution in [1.29, 1.82) is 0 Å². The maximum atomic E-state index is 16.1. The number of alkyl halides is 5. The largest absolute Gasteiger partial charge is 0.426 e. The number of piperidine rings is 1. The Morgan fingerprint density at radius 1 is 1.00 bits per heavy atom. The van der Waals surface area contributed by atoms with E-state index in [0.29, 0.717) is 37.3 Å². The van der Waals surface area contributed by atoms with Crippen LogP contribution in [-0.4, -0.2) is 67.3 Å². The van der Waals surface area contributed by atoms with Crippen LogP contribution in [0.15, 0.2) is 42.5 Å². The van der Waals surface area contributed by atoms with Crippen molar-refractivity contribution in [2.24, 2.45) is 0 Å². The standard InChI is InChI=1S/C29H32F6N2O3S/c1-26(31,29(33,34)35)21-6-9-23-20(17-21)5-10-24-27(23,18-19-3-7-22(30)8-4-19)11-16-37(24)25(38)28(32)12-14-36(15-13-28)41(2,39)40/h3-4,6-9,17,24H,5,10-16,18H2,1-2H3/t24-,26?,27-/m1/s1. The highest BCUT2D eigenvalue weighted by Crippen LogP contribution is 2.52. The third-order valence-electron chi connectivity index (χ3n) is 9.28. The second-order valence-corrected chi connectivity index (χ2v) is 13.7. The molecule has 5 nitrogen and oxygen atoms in total.